The van der Waals surface area contributed by atoms with E-state index in [0.29, 0.717) is 12.2 Å². The van der Waals surface area contributed by atoms with E-state index in [4.69, 9.17) is 10.00 Å². The molecule has 2 aromatic carbocycles. The molecule has 0 aliphatic carbocycles. The summed E-state index contributed by atoms with van der Waals surface area (Å²) in [6, 6.07) is 14.5. The Bertz CT molecular complexity index is 777. The summed E-state index contributed by atoms with van der Waals surface area (Å²) in [5.74, 6) is -0.249. The third kappa shape index (κ3) is 3.30. The van der Waals surface area contributed by atoms with E-state index in [2.05, 4.69) is 24.8 Å². The Hall–Kier alpha value is -2.22. The first kappa shape index (κ1) is 17.6. The number of rotatable bonds is 6. The molecule has 0 N–H and O–H groups in total. The van der Waals surface area contributed by atoms with E-state index in [-0.39, 0.29) is 5.82 Å². The van der Waals surface area contributed by atoms with Crippen LogP contribution in [-0.2, 0) is 16.9 Å². The number of hydrogen-bond donors (Lipinski definition) is 0. The lowest BCUT2D eigenvalue weighted by Gasteiger charge is -2.33. The molecule has 0 bridgehead atoms. The first-order chi connectivity index (χ1) is 12.1. The van der Waals surface area contributed by atoms with Crippen LogP contribution in [0.1, 0.15) is 42.5 Å². The van der Waals surface area contributed by atoms with Crippen LogP contribution in [0.2, 0.25) is 0 Å². The van der Waals surface area contributed by atoms with Gasteiger partial charge in [0.2, 0.25) is 0 Å². The predicted octanol–water partition coefficient (Wildman–Crippen LogP) is 4.20. The molecule has 1 heterocycles. The summed E-state index contributed by atoms with van der Waals surface area (Å²) in [7, 11) is 0. The summed E-state index contributed by atoms with van der Waals surface area (Å²) in [5, 5.41) is 9.15. The lowest BCUT2D eigenvalue weighted by molar-refractivity contribution is -0.0174. The van der Waals surface area contributed by atoms with Crippen LogP contribution in [0.4, 0.5) is 4.39 Å². The molecule has 3 nitrogen and oxygen atoms in total. The summed E-state index contributed by atoms with van der Waals surface area (Å²) in [5.41, 5.74) is 3.15. The highest BCUT2D eigenvalue weighted by Gasteiger charge is 2.41. The van der Waals surface area contributed by atoms with Crippen molar-refractivity contribution in [2.45, 2.75) is 32.5 Å². The third-order valence-corrected chi connectivity index (χ3v) is 5.13. The SMILES string of the molecule is CCN(CC)CCC1(c2ccc(F)cc2)OCc2cc(C#N)ccc21. The molecule has 4 heteroatoms. The monoisotopic (exact) mass is 338 g/mol. The molecule has 0 radical (unpaired) electrons. The normalized spacial score (nSPS) is 19.0. The smallest absolute Gasteiger partial charge is 0.123 e. The van der Waals surface area contributed by atoms with Crippen LogP contribution in [-0.4, -0.2) is 24.5 Å². The van der Waals surface area contributed by atoms with Gasteiger partial charge in [0.15, 0.2) is 0 Å². The van der Waals surface area contributed by atoms with Crippen LogP contribution < -0.4 is 0 Å². The van der Waals surface area contributed by atoms with Gasteiger partial charge in [-0.15, -0.1) is 0 Å². The molecule has 1 atom stereocenters. The van der Waals surface area contributed by atoms with Gasteiger partial charge in [-0.1, -0.05) is 32.0 Å². The highest BCUT2D eigenvalue weighted by molar-refractivity contribution is 5.48. The van der Waals surface area contributed by atoms with E-state index >= 15 is 0 Å². The maximum absolute atomic E-state index is 13.4. The maximum Gasteiger partial charge on any atom is 0.123 e. The topological polar surface area (TPSA) is 36.3 Å². The molecule has 0 fully saturated rings. The number of benzene rings is 2. The second kappa shape index (κ2) is 7.35. The van der Waals surface area contributed by atoms with Crippen molar-refractivity contribution in [2.75, 3.05) is 19.6 Å². The Morgan fingerprint density at radius 3 is 2.52 bits per heavy atom. The average molecular weight is 338 g/mol. The van der Waals surface area contributed by atoms with Gasteiger partial charge in [-0.25, -0.2) is 4.39 Å². The van der Waals surface area contributed by atoms with Crippen LogP contribution >= 0.6 is 0 Å². The van der Waals surface area contributed by atoms with E-state index in [1.807, 2.05) is 30.3 Å². The van der Waals surface area contributed by atoms with E-state index in [1.165, 1.54) is 12.1 Å². The molecule has 0 saturated carbocycles. The molecule has 1 unspecified atom stereocenters. The van der Waals surface area contributed by atoms with Gasteiger partial charge in [-0.05, 0) is 60.5 Å². The number of ether oxygens (including phenoxy) is 1. The molecular formula is C21H23FN2O. The zero-order valence-electron chi connectivity index (χ0n) is 14.8. The van der Waals surface area contributed by atoms with Gasteiger partial charge in [-0.2, -0.15) is 5.26 Å². The maximum atomic E-state index is 13.4. The fourth-order valence-corrected chi connectivity index (χ4v) is 3.62. The minimum atomic E-state index is -0.584. The van der Waals surface area contributed by atoms with Gasteiger partial charge in [0.25, 0.3) is 0 Å². The van der Waals surface area contributed by atoms with Crippen molar-refractivity contribution in [2.24, 2.45) is 0 Å². The first-order valence-electron chi connectivity index (χ1n) is 8.78. The van der Waals surface area contributed by atoms with Gasteiger partial charge in [0, 0.05) is 6.54 Å². The van der Waals surface area contributed by atoms with Crippen molar-refractivity contribution in [3.63, 3.8) is 0 Å². The first-order valence-corrected chi connectivity index (χ1v) is 8.78. The molecular weight excluding hydrogens is 315 g/mol. The summed E-state index contributed by atoms with van der Waals surface area (Å²) in [6.45, 7) is 7.63. The van der Waals surface area contributed by atoms with Crippen molar-refractivity contribution in [1.29, 1.82) is 5.26 Å². The highest BCUT2D eigenvalue weighted by Crippen LogP contribution is 2.45. The Labute approximate surface area is 148 Å². The fourth-order valence-electron chi connectivity index (χ4n) is 3.62. The Kier molecular flexibility index (Phi) is 5.17. The van der Waals surface area contributed by atoms with Gasteiger partial charge >= 0.3 is 0 Å². The fraction of sp³-hybridized carbons (Fsp3) is 0.381. The second-order valence-corrected chi connectivity index (χ2v) is 6.38. The van der Waals surface area contributed by atoms with Gasteiger partial charge in [-0.3, -0.25) is 0 Å². The Balaban J connectivity index is 2.03. The van der Waals surface area contributed by atoms with Crippen molar-refractivity contribution in [1.82, 2.24) is 4.90 Å². The summed E-state index contributed by atoms with van der Waals surface area (Å²) >= 11 is 0. The molecule has 1 aliphatic rings. The molecule has 3 rings (SSSR count). The van der Waals surface area contributed by atoms with Crippen LogP contribution in [0.3, 0.4) is 0 Å². The zero-order valence-corrected chi connectivity index (χ0v) is 14.8. The van der Waals surface area contributed by atoms with Crippen LogP contribution in [0.25, 0.3) is 0 Å². The van der Waals surface area contributed by atoms with Crippen molar-refractivity contribution < 1.29 is 9.13 Å². The second-order valence-electron chi connectivity index (χ2n) is 6.38. The molecule has 130 valence electrons. The van der Waals surface area contributed by atoms with E-state index in [9.17, 15) is 4.39 Å². The van der Waals surface area contributed by atoms with E-state index in [1.54, 1.807) is 0 Å². The van der Waals surface area contributed by atoms with Crippen LogP contribution in [0.5, 0.6) is 0 Å². The molecule has 1 aliphatic heterocycles. The highest BCUT2D eigenvalue weighted by atomic mass is 19.1. The summed E-state index contributed by atoms with van der Waals surface area (Å²) < 4.78 is 19.7. The van der Waals surface area contributed by atoms with Crippen molar-refractivity contribution in [3.05, 3.63) is 70.5 Å². The predicted molar refractivity (Wildman–Crippen MR) is 95.5 cm³/mol. The molecule has 0 saturated heterocycles. The quantitative estimate of drug-likeness (QED) is 0.792. The molecule has 25 heavy (non-hydrogen) atoms. The molecule has 0 aromatic heterocycles. The van der Waals surface area contributed by atoms with Crippen molar-refractivity contribution in [3.8, 4) is 6.07 Å². The van der Waals surface area contributed by atoms with Gasteiger partial charge in [0.05, 0.1) is 18.2 Å². The lowest BCUT2D eigenvalue weighted by atomic mass is 9.82. The number of fused-ring (bicyclic) bond motifs is 1. The minimum absolute atomic E-state index is 0.249. The average Bonchev–Trinajstić information content (AvgIpc) is 3.02. The van der Waals surface area contributed by atoms with Crippen molar-refractivity contribution >= 4 is 0 Å². The minimum Gasteiger partial charge on any atom is -0.361 e. The summed E-state index contributed by atoms with van der Waals surface area (Å²) in [6.07, 6.45) is 0.791. The molecule has 0 spiro atoms. The molecule has 0 amide bonds. The largest absolute Gasteiger partial charge is 0.361 e. The van der Waals surface area contributed by atoms with E-state index < -0.39 is 5.60 Å². The standard InChI is InChI=1S/C21H23FN2O/c1-3-24(4-2)12-11-21(18-6-8-19(22)9-7-18)20-10-5-16(14-23)13-17(20)15-25-21/h5-10,13H,3-4,11-12,15H2,1-2H3. The van der Waals surface area contributed by atoms with Crippen LogP contribution in [0.15, 0.2) is 42.5 Å². The zero-order chi connectivity index (χ0) is 17.9. The number of halogens is 1. The Morgan fingerprint density at radius 1 is 1.16 bits per heavy atom. The number of hydrogen-bond acceptors (Lipinski definition) is 3. The van der Waals surface area contributed by atoms with Gasteiger partial charge < -0.3 is 9.64 Å². The lowest BCUT2D eigenvalue weighted by Crippen LogP contribution is -2.34. The molecule has 2 aromatic rings. The summed E-state index contributed by atoms with van der Waals surface area (Å²) in [4.78, 5) is 2.36. The number of nitrogens with zero attached hydrogens (tertiary/aromatic N) is 2. The Morgan fingerprint density at radius 2 is 1.88 bits per heavy atom. The van der Waals surface area contributed by atoms with Gasteiger partial charge in [0.1, 0.15) is 11.4 Å². The van der Waals surface area contributed by atoms with E-state index in [0.717, 1.165) is 42.7 Å². The third-order valence-electron chi connectivity index (χ3n) is 5.13. The van der Waals surface area contributed by atoms with Crippen LogP contribution in [0, 0.1) is 17.1 Å². The number of nitriles is 1.